The minimum Gasteiger partial charge on any atom is -0.483 e. The molecule has 0 atom stereocenters. The Kier molecular flexibility index (Phi) is 4.87. The summed E-state index contributed by atoms with van der Waals surface area (Å²) >= 11 is 0. The van der Waals surface area contributed by atoms with Gasteiger partial charge in [-0.05, 0) is 18.1 Å². The first-order valence-corrected chi connectivity index (χ1v) is 5.12. The van der Waals surface area contributed by atoms with Crippen molar-refractivity contribution in [3.63, 3.8) is 0 Å². The first-order chi connectivity index (χ1) is 7.77. The van der Waals surface area contributed by atoms with Gasteiger partial charge < -0.3 is 10.1 Å². The van der Waals surface area contributed by atoms with Crippen molar-refractivity contribution in [1.29, 1.82) is 5.26 Å². The summed E-state index contributed by atoms with van der Waals surface area (Å²) in [6, 6.07) is 9.42. The van der Waals surface area contributed by atoms with Gasteiger partial charge in [-0.2, -0.15) is 5.26 Å². The third-order valence-corrected chi connectivity index (χ3v) is 2.08. The fraction of sp³-hybridized carbons (Fsp3) is 0.333. The van der Waals surface area contributed by atoms with E-state index in [1.807, 2.05) is 37.3 Å². The highest BCUT2D eigenvalue weighted by Crippen LogP contribution is 2.17. The number of carbonyl (C=O) groups excluding carboxylic acids is 1. The molecule has 0 heterocycles. The van der Waals surface area contributed by atoms with Crippen LogP contribution >= 0.6 is 0 Å². The molecule has 0 unspecified atom stereocenters. The molecule has 1 rings (SSSR count). The first kappa shape index (κ1) is 12.1. The van der Waals surface area contributed by atoms with E-state index in [2.05, 4.69) is 5.32 Å². The van der Waals surface area contributed by atoms with Crippen LogP contribution in [0.5, 0.6) is 5.75 Å². The lowest BCUT2D eigenvalue weighted by molar-refractivity contribution is -0.122. The highest BCUT2D eigenvalue weighted by molar-refractivity contribution is 5.77. The standard InChI is InChI=1S/C12H14N2O2/c1-2-10-5-3-4-6-11(10)16-9-12(15)14-8-7-13/h3-6H,2,8-9H2,1H3,(H,14,15). The monoisotopic (exact) mass is 218 g/mol. The second kappa shape index (κ2) is 6.46. The predicted molar refractivity (Wildman–Crippen MR) is 59.9 cm³/mol. The Morgan fingerprint density at radius 2 is 2.25 bits per heavy atom. The van der Waals surface area contributed by atoms with Gasteiger partial charge in [-0.25, -0.2) is 0 Å². The van der Waals surface area contributed by atoms with Gasteiger partial charge in [-0.3, -0.25) is 4.79 Å². The van der Waals surface area contributed by atoms with E-state index in [1.54, 1.807) is 0 Å². The van der Waals surface area contributed by atoms with Gasteiger partial charge in [0.1, 0.15) is 12.3 Å². The Hall–Kier alpha value is -2.02. The number of ether oxygens (including phenoxy) is 1. The number of amides is 1. The number of rotatable bonds is 5. The van der Waals surface area contributed by atoms with E-state index < -0.39 is 0 Å². The SMILES string of the molecule is CCc1ccccc1OCC(=O)NCC#N. The third-order valence-electron chi connectivity index (χ3n) is 2.08. The van der Waals surface area contributed by atoms with Crippen molar-refractivity contribution >= 4 is 5.91 Å². The van der Waals surface area contributed by atoms with Crippen LogP contribution in [0.3, 0.4) is 0 Å². The average molecular weight is 218 g/mol. The summed E-state index contributed by atoms with van der Waals surface area (Å²) in [6.07, 6.45) is 0.857. The lowest BCUT2D eigenvalue weighted by atomic mass is 10.1. The van der Waals surface area contributed by atoms with Gasteiger partial charge in [0.05, 0.1) is 6.07 Å². The van der Waals surface area contributed by atoms with Crippen molar-refractivity contribution in [3.05, 3.63) is 29.8 Å². The quantitative estimate of drug-likeness (QED) is 0.757. The number of para-hydroxylation sites is 1. The lowest BCUT2D eigenvalue weighted by Crippen LogP contribution is -2.29. The fourth-order valence-corrected chi connectivity index (χ4v) is 1.27. The van der Waals surface area contributed by atoms with Crippen molar-refractivity contribution in [2.75, 3.05) is 13.2 Å². The molecule has 0 aromatic heterocycles. The first-order valence-electron chi connectivity index (χ1n) is 5.12. The predicted octanol–water partition coefficient (Wildman–Crippen LogP) is 1.27. The van der Waals surface area contributed by atoms with Crippen LogP contribution in [0.4, 0.5) is 0 Å². The molecule has 16 heavy (non-hydrogen) atoms. The zero-order valence-corrected chi connectivity index (χ0v) is 9.19. The number of carbonyl (C=O) groups is 1. The van der Waals surface area contributed by atoms with E-state index in [0.717, 1.165) is 17.7 Å². The molecule has 0 spiro atoms. The Morgan fingerprint density at radius 1 is 1.50 bits per heavy atom. The van der Waals surface area contributed by atoms with Crippen LogP contribution in [0.25, 0.3) is 0 Å². The van der Waals surface area contributed by atoms with Crippen LogP contribution in [0.2, 0.25) is 0 Å². The summed E-state index contributed by atoms with van der Waals surface area (Å²) in [5.41, 5.74) is 1.07. The second-order valence-electron chi connectivity index (χ2n) is 3.18. The normalized spacial score (nSPS) is 9.25. The van der Waals surface area contributed by atoms with Gasteiger partial charge >= 0.3 is 0 Å². The van der Waals surface area contributed by atoms with Crippen molar-refractivity contribution < 1.29 is 9.53 Å². The maximum Gasteiger partial charge on any atom is 0.258 e. The van der Waals surface area contributed by atoms with Crippen LogP contribution in [-0.4, -0.2) is 19.1 Å². The highest BCUT2D eigenvalue weighted by Gasteiger charge is 2.04. The summed E-state index contributed by atoms with van der Waals surface area (Å²) in [5, 5.41) is 10.7. The maximum absolute atomic E-state index is 11.2. The van der Waals surface area contributed by atoms with Gasteiger partial charge in [0.2, 0.25) is 0 Å². The molecule has 1 aromatic carbocycles. The minimum absolute atomic E-state index is 0.0115. The summed E-state index contributed by atoms with van der Waals surface area (Å²) in [5.74, 6) is 0.435. The fourth-order valence-electron chi connectivity index (χ4n) is 1.27. The Bertz CT molecular complexity index is 396. The molecule has 0 saturated carbocycles. The van der Waals surface area contributed by atoms with Crippen molar-refractivity contribution in [2.45, 2.75) is 13.3 Å². The van der Waals surface area contributed by atoms with Crippen LogP contribution in [0.15, 0.2) is 24.3 Å². The van der Waals surface area contributed by atoms with Gasteiger partial charge in [-0.15, -0.1) is 0 Å². The molecular formula is C12H14N2O2. The van der Waals surface area contributed by atoms with E-state index in [9.17, 15) is 4.79 Å². The largest absolute Gasteiger partial charge is 0.483 e. The van der Waals surface area contributed by atoms with E-state index in [1.165, 1.54) is 0 Å². The molecule has 0 fully saturated rings. The van der Waals surface area contributed by atoms with Crippen molar-refractivity contribution in [3.8, 4) is 11.8 Å². The summed E-state index contributed by atoms with van der Waals surface area (Å²) in [4.78, 5) is 11.2. The van der Waals surface area contributed by atoms with Crippen LogP contribution in [0, 0.1) is 11.3 Å². The second-order valence-corrected chi connectivity index (χ2v) is 3.18. The van der Waals surface area contributed by atoms with E-state index in [4.69, 9.17) is 10.00 Å². The smallest absolute Gasteiger partial charge is 0.258 e. The molecule has 0 aliphatic heterocycles. The van der Waals surface area contributed by atoms with Gasteiger partial charge in [0.15, 0.2) is 6.61 Å². The number of aryl methyl sites for hydroxylation is 1. The molecule has 0 saturated heterocycles. The summed E-state index contributed by atoms with van der Waals surface area (Å²) in [6.45, 7) is 1.98. The van der Waals surface area contributed by atoms with Gasteiger partial charge in [0, 0.05) is 0 Å². The van der Waals surface area contributed by atoms with Crippen LogP contribution < -0.4 is 10.1 Å². The van der Waals surface area contributed by atoms with Crippen LogP contribution in [0.1, 0.15) is 12.5 Å². The Balaban J connectivity index is 2.48. The zero-order chi connectivity index (χ0) is 11.8. The molecule has 0 aliphatic rings. The van der Waals surface area contributed by atoms with Crippen LogP contribution in [-0.2, 0) is 11.2 Å². The number of nitrogens with zero attached hydrogens (tertiary/aromatic N) is 1. The maximum atomic E-state index is 11.2. The van der Waals surface area contributed by atoms with E-state index in [0.29, 0.717) is 0 Å². The average Bonchev–Trinajstić information content (AvgIpc) is 2.34. The zero-order valence-electron chi connectivity index (χ0n) is 9.19. The molecule has 4 nitrogen and oxygen atoms in total. The topological polar surface area (TPSA) is 62.1 Å². The highest BCUT2D eigenvalue weighted by atomic mass is 16.5. The number of benzene rings is 1. The third kappa shape index (κ3) is 3.62. The van der Waals surface area contributed by atoms with E-state index >= 15 is 0 Å². The molecule has 0 radical (unpaired) electrons. The molecule has 84 valence electrons. The van der Waals surface area contributed by atoms with Gasteiger partial charge in [0.25, 0.3) is 5.91 Å². The van der Waals surface area contributed by atoms with E-state index in [-0.39, 0.29) is 19.1 Å². The summed E-state index contributed by atoms with van der Waals surface area (Å²) < 4.78 is 5.37. The molecule has 1 aromatic rings. The molecular weight excluding hydrogens is 204 g/mol. The minimum atomic E-state index is -0.285. The Morgan fingerprint density at radius 3 is 2.94 bits per heavy atom. The number of hydrogen-bond donors (Lipinski definition) is 1. The van der Waals surface area contributed by atoms with Crippen molar-refractivity contribution in [2.24, 2.45) is 0 Å². The number of nitrogens with one attached hydrogen (secondary N) is 1. The van der Waals surface area contributed by atoms with Gasteiger partial charge in [-0.1, -0.05) is 25.1 Å². The molecule has 1 N–H and O–H groups in total. The number of nitriles is 1. The lowest BCUT2D eigenvalue weighted by Gasteiger charge is -2.09. The molecule has 1 amide bonds. The number of hydrogen-bond acceptors (Lipinski definition) is 3. The molecule has 0 bridgehead atoms. The van der Waals surface area contributed by atoms with Crippen molar-refractivity contribution in [1.82, 2.24) is 5.32 Å². The summed E-state index contributed by atoms with van der Waals surface area (Å²) in [7, 11) is 0. The molecule has 0 aliphatic carbocycles. The molecule has 4 heteroatoms. The Labute approximate surface area is 94.8 Å².